The van der Waals surface area contributed by atoms with E-state index in [1.807, 2.05) is 0 Å². The summed E-state index contributed by atoms with van der Waals surface area (Å²) in [5.41, 5.74) is 9.34. The first-order chi connectivity index (χ1) is 8.13. The Morgan fingerprint density at radius 3 is 2.76 bits per heavy atom. The number of halogens is 2. The van der Waals surface area contributed by atoms with Crippen molar-refractivity contribution in [3.05, 3.63) is 46.4 Å². The molecule has 1 unspecified atom stereocenters. The summed E-state index contributed by atoms with van der Waals surface area (Å²) in [6.45, 7) is 0. The molecule has 0 saturated carbocycles. The number of hydrogen-bond acceptors (Lipinski definition) is 4. The molecule has 0 saturated heterocycles. The molecule has 17 heavy (non-hydrogen) atoms. The van der Waals surface area contributed by atoms with Gasteiger partial charge in [-0.15, -0.1) is 0 Å². The van der Waals surface area contributed by atoms with Crippen LogP contribution in [0.3, 0.4) is 0 Å². The lowest BCUT2D eigenvalue weighted by Gasteiger charge is -2.17. The number of anilines is 1. The standard InChI is InChI=1S/C10H11ClFN5/c11-8-2-1-5(12)3-6(8)9(16-14)7-4-15-17-10(7)13/h1-4,9,16H,14H2,(H3,13,15,17). The lowest BCUT2D eigenvalue weighted by atomic mass is 10.0. The van der Waals surface area contributed by atoms with Crippen molar-refractivity contribution in [3.8, 4) is 0 Å². The second kappa shape index (κ2) is 4.70. The van der Waals surface area contributed by atoms with Crippen molar-refractivity contribution in [2.45, 2.75) is 6.04 Å². The van der Waals surface area contributed by atoms with Crippen molar-refractivity contribution in [2.75, 3.05) is 5.73 Å². The predicted molar refractivity (Wildman–Crippen MR) is 63.6 cm³/mol. The van der Waals surface area contributed by atoms with Crippen LogP contribution in [0.25, 0.3) is 0 Å². The average Bonchev–Trinajstić information content (AvgIpc) is 2.71. The van der Waals surface area contributed by atoms with Crippen LogP contribution >= 0.6 is 11.6 Å². The Morgan fingerprint density at radius 2 is 2.18 bits per heavy atom. The fourth-order valence-corrected chi connectivity index (χ4v) is 1.85. The summed E-state index contributed by atoms with van der Waals surface area (Å²) in [5, 5.41) is 6.77. The van der Waals surface area contributed by atoms with Crippen LogP contribution in [-0.4, -0.2) is 10.2 Å². The summed E-state index contributed by atoms with van der Waals surface area (Å²) in [6, 6.07) is 3.53. The number of rotatable bonds is 3. The summed E-state index contributed by atoms with van der Waals surface area (Å²) in [4.78, 5) is 0. The second-order valence-corrected chi connectivity index (χ2v) is 3.91. The van der Waals surface area contributed by atoms with E-state index in [2.05, 4.69) is 15.6 Å². The van der Waals surface area contributed by atoms with Crippen LogP contribution in [0.4, 0.5) is 10.2 Å². The van der Waals surface area contributed by atoms with E-state index in [9.17, 15) is 4.39 Å². The molecule has 0 bridgehead atoms. The van der Waals surface area contributed by atoms with Crippen LogP contribution in [0.5, 0.6) is 0 Å². The quantitative estimate of drug-likeness (QED) is 0.492. The Morgan fingerprint density at radius 1 is 1.41 bits per heavy atom. The minimum Gasteiger partial charge on any atom is -0.384 e. The molecule has 5 nitrogen and oxygen atoms in total. The fraction of sp³-hybridized carbons (Fsp3) is 0.100. The molecule has 0 fully saturated rings. The fourth-order valence-electron chi connectivity index (χ4n) is 1.62. The smallest absolute Gasteiger partial charge is 0.124 e. The number of nitrogens with zero attached hydrogens (tertiary/aromatic N) is 1. The van der Waals surface area contributed by atoms with Gasteiger partial charge in [-0.25, -0.2) is 9.82 Å². The molecule has 0 aliphatic rings. The largest absolute Gasteiger partial charge is 0.384 e. The van der Waals surface area contributed by atoms with Crippen molar-refractivity contribution in [3.63, 3.8) is 0 Å². The molecular weight excluding hydrogens is 245 g/mol. The van der Waals surface area contributed by atoms with Gasteiger partial charge in [0, 0.05) is 10.6 Å². The minimum atomic E-state index is -0.517. The first kappa shape index (κ1) is 11.8. The van der Waals surface area contributed by atoms with Gasteiger partial charge in [-0.2, -0.15) is 5.10 Å². The van der Waals surface area contributed by atoms with Gasteiger partial charge in [0.05, 0.1) is 12.2 Å². The summed E-state index contributed by atoms with van der Waals surface area (Å²) >= 11 is 6.01. The number of hydrazine groups is 1. The molecule has 0 aliphatic heterocycles. The van der Waals surface area contributed by atoms with E-state index >= 15 is 0 Å². The van der Waals surface area contributed by atoms with Crippen LogP contribution in [0.2, 0.25) is 5.02 Å². The summed E-state index contributed by atoms with van der Waals surface area (Å²) in [5.74, 6) is 5.41. The van der Waals surface area contributed by atoms with Gasteiger partial charge in [-0.3, -0.25) is 10.9 Å². The summed E-state index contributed by atoms with van der Waals surface area (Å²) in [6.07, 6.45) is 1.51. The number of hydrogen-bond donors (Lipinski definition) is 4. The molecule has 2 aromatic rings. The third-order valence-corrected chi connectivity index (χ3v) is 2.79. The molecule has 2 rings (SSSR count). The van der Waals surface area contributed by atoms with E-state index in [4.69, 9.17) is 23.2 Å². The Bertz CT molecular complexity index is 527. The number of nitrogen functional groups attached to an aromatic ring is 1. The van der Waals surface area contributed by atoms with Crippen LogP contribution < -0.4 is 17.0 Å². The average molecular weight is 256 g/mol. The molecule has 0 amide bonds. The number of H-pyrrole nitrogens is 1. The zero-order valence-corrected chi connectivity index (χ0v) is 9.50. The molecule has 0 radical (unpaired) electrons. The van der Waals surface area contributed by atoms with E-state index < -0.39 is 11.9 Å². The molecule has 0 spiro atoms. The minimum absolute atomic E-state index is 0.355. The van der Waals surface area contributed by atoms with Crippen molar-refractivity contribution >= 4 is 17.4 Å². The van der Waals surface area contributed by atoms with Gasteiger partial charge in [0.2, 0.25) is 0 Å². The topological polar surface area (TPSA) is 92.7 Å². The normalized spacial score (nSPS) is 12.6. The van der Waals surface area contributed by atoms with E-state index in [0.717, 1.165) is 0 Å². The maximum atomic E-state index is 13.2. The van der Waals surface area contributed by atoms with Gasteiger partial charge in [-0.1, -0.05) is 11.6 Å². The van der Waals surface area contributed by atoms with E-state index in [1.165, 1.54) is 24.4 Å². The van der Waals surface area contributed by atoms with Gasteiger partial charge in [-0.05, 0) is 23.8 Å². The first-order valence-corrected chi connectivity index (χ1v) is 5.21. The molecule has 1 aromatic carbocycles. The number of nitrogens with two attached hydrogens (primary N) is 2. The van der Waals surface area contributed by atoms with Crippen LogP contribution in [0.1, 0.15) is 17.2 Å². The lowest BCUT2D eigenvalue weighted by molar-refractivity contribution is 0.606. The number of aromatic amines is 1. The molecular formula is C10H11ClFN5. The molecule has 0 aliphatic carbocycles. The Labute approximate surface area is 102 Å². The Balaban J connectivity index is 2.49. The zero-order chi connectivity index (χ0) is 12.4. The lowest BCUT2D eigenvalue weighted by Crippen LogP contribution is -2.29. The molecule has 90 valence electrons. The molecule has 6 N–H and O–H groups in total. The third kappa shape index (κ3) is 2.23. The molecule has 1 aromatic heterocycles. The first-order valence-electron chi connectivity index (χ1n) is 4.83. The van der Waals surface area contributed by atoms with E-state index in [1.54, 1.807) is 0 Å². The van der Waals surface area contributed by atoms with Gasteiger partial charge in [0.25, 0.3) is 0 Å². The van der Waals surface area contributed by atoms with Crippen LogP contribution in [0.15, 0.2) is 24.4 Å². The number of nitrogens with one attached hydrogen (secondary N) is 2. The van der Waals surface area contributed by atoms with Gasteiger partial charge < -0.3 is 5.73 Å². The SMILES string of the molecule is NNC(c1cc(F)ccc1Cl)c1cn[nH]c1N. The predicted octanol–water partition coefficient (Wildman–Crippen LogP) is 1.34. The highest BCUT2D eigenvalue weighted by Crippen LogP contribution is 2.30. The summed E-state index contributed by atoms with van der Waals surface area (Å²) < 4.78 is 13.2. The van der Waals surface area contributed by atoms with Crippen molar-refractivity contribution < 1.29 is 4.39 Å². The van der Waals surface area contributed by atoms with Crippen molar-refractivity contribution in [1.82, 2.24) is 15.6 Å². The maximum Gasteiger partial charge on any atom is 0.124 e. The van der Waals surface area contributed by atoms with Gasteiger partial charge >= 0.3 is 0 Å². The number of benzene rings is 1. The Kier molecular flexibility index (Phi) is 3.28. The van der Waals surface area contributed by atoms with Crippen molar-refractivity contribution in [1.29, 1.82) is 0 Å². The van der Waals surface area contributed by atoms with Crippen LogP contribution in [0, 0.1) is 5.82 Å². The van der Waals surface area contributed by atoms with Crippen molar-refractivity contribution in [2.24, 2.45) is 5.84 Å². The summed E-state index contributed by atoms with van der Waals surface area (Å²) in [7, 11) is 0. The second-order valence-electron chi connectivity index (χ2n) is 3.50. The number of aromatic nitrogens is 2. The zero-order valence-electron chi connectivity index (χ0n) is 8.74. The molecule has 7 heteroatoms. The molecule has 1 atom stereocenters. The highest BCUT2D eigenvalue weighted by atomic mass is 35.5. The third-order valence-electron chi connectivity index (χ3n) is 2.45. The highest BCUT2D eigenvalue weighted by Gasteiger charge is 2.19. The van der Waals surface area contributed by atoms with Gasteiger partial charge in [0.1, 0.15) is 11.6 Å². The van der Waals surface area contributed by atoms with Crippen LogP contribution in [-0.2, 0) is 0 Å². The van der Waals surface area contributed by atoms with E-state index in [-0.39, 0.29) is 0 Å². The van der Waals surface area contributed by atoms with E-state index in [0.29, 0.717) is 22.0 Å². The molecule has 1 heterocycles. The highest BCUT2D eigenvalue weighted by molar-refractivity contribution is 6.31. The van der Waals surface area contributed by atoms with Gasteiger partial charge in [0.15, 0.2) is 0 Å². The maximum absolute atomic E-state index is 13.2. The Hall–Kier alpha value is -1.63. The monoisotopic (exact) mass is 255 g/mol.